The van der Waals surface area contributed by atoms with Crippen LogP contribution in [0.25, 0.3) is 10.9 Å². The average molecular weight is 219 g/mol. The molecule has 2 aromatic rings. The maximum Gasteiger partial charge on any atom is 0.141 e. The van der Waals surface area contributed by atoms with Crippen LogP contribution in [-0.2, 0) is 16.4 Å². The molecule has 0 saturated heterocycles. The molecule has 0 aliphatic carbocycles. The lowest BCUT2D eigenvalue weighted by Gasteiger charge is -2.07. The van der Waals surface area contributed by atoms with Gasteiger partial charge in [0.15, 0.2) is 0 Å². The Morgan fingerprint density at radius 2 is 2.12 bits per heavy atom. The van der Waals surface area contributed by atoms with Gasteiger partial charge in [0.1, 0.15) is 17.9 Å². The van der Waals surface area contributed by atoms with Crippen molar-refractivity contribution < 1.29 is 14.9 Å². The monoisotopic (exact) mass is 219 g/mol. The second-order valence-corrected chi connectivity index (χ2v) is 3.31. The van der Waals surface area contributed by atoms with Gasteiger partial charge in [0, 0.05) is 11.6 Å². The van der Waals surface area contributed by atoms with E-state index < -0.39 is 0 Å². The van der Waals surface area contributed by atoms with Crippen molar-refractivity contribution in [2.45, 2.75) is 13.5 Å². The molecule has 2 rings (SSSR count). The van der Waals surface area contributed by atoms with Crippen LogP contribution in [0.4, 0.5) is 0 Å². The number of phenolic OH excluding ortho intramolecular Hbond substituents is 1. The Hall–Kier alpha value is -1.65. The number of aromatic hydroxyl groups is 1. The molecule has 0 atom stereocenters. The number of benzene rings is 1. The fourth-order valence-electron chi connectivity index (χ4n) is 1.53. The number of aromatic nitrogens is 1. The van der Waals surface area contributed by atoms with Crippen LogP contribution >= 0.6 is 0 Å². The van der Waals surface area contributed by atoms with Gasteiger partial charge in [-0.3, -0.25) is 4.98 Å². The molecule has 4 nitrogen and oxygen atoms in total. The van der Waals surface area contributed by atoms with Crippen LogP contribution in [-0.4, -0.2) is 16.7 Å². The predicted molar refractivity (Wildman–Crippen MR) is 59.8 cm³/mol. The lowest BCUT2D eigenvalue weighted by Crippen LogP contribution is -1.96. The van der Waals surface area contributed by atoms with Gasteiger partial charge in [0.05, 0.1) is 6.61 Å². The maximum atomic E-state index is 9.63. The Balaban J connectivity index is 2.35. The molecule has 0 bridgehead atoms. The van der Waals surface area contributed by atoms with Crippen molar-refractivity contribution in [1.29, 1.82) is 0 Å². The van der Waals surface area contributed by atoms with E-state index in [0.29, 0.717) is 18.7 Å². The van der Waals surface area contributed by atoms with Crippen molar-refractivity contribution >= 4 is 10.9 Å². The topological polar surface area (TPSA) is 51.6 Å². The maximum absolute atomic E-state index is 9.63. The van der Waals surface area contributed by atoms with Crippen LogP contribution in [0.5, 0.6) is 5.75 Å². The van der Waals surface area contributed by atoms with Crippen LogP contribution in [0.1, 0.15) is 12.5 Å². The third kappa shape index (κ3) is 2.13. The van der Waals surface area contributed by atoms with E-state index >= 15 is 0 Å². The summed E-state index contributed by atoms with van der Waals surface area (Å²) in [6.07, 6.45) is 1.65. The van der Waals surface area contributed by atoms with Crippen molar-refractivity contribution in [2.75, 3.05) is 6.61 Å². The van der Waals surface area contributed by atoms with Crippen LogP contribution in [0, 0.1) is 0 Å². The smallest absolute Gasteiger partial charge is 0.141 e. The summed E-state index contributed by atoms with van der Waals surface area (Å²) in [6.45, 7) is 2.71. The van der Waals surface area contributed by atoms with Gasteiger partial charge in [-0.2, -0.15) is 0 Å². The molecule has 1 heterocycles. The van der Waals surface area contributed by atoms with Crippen LogP contribution in [0.3, 0.4) is 0 Å². The Bertz CT molecular complexity index is 485. The SMILES string of the molecule is CCOOCc1ccc(O)c2ncccc12. The molecule has 4 heteroatoms. The van der Waals surface area contributed by atoms with Gasteiger partial charge >= 0.3 is 0 Å². The zero-order chi connectivity index (χ0) is 11.4. The van der Waals surface area contributed by atoms with E-state index in [1.54, 1.807) is 18.3 Å². The lowest BCUT2D eigenvalue weighted by molar-refractivity contribution is -0.300. The number of rotatable bonds is 4. The first-order valence-electron chi connectivity index (χ1n) is 5.13. The minimum atomic E-state index is 0.177. The first kappa shape index (κ1) is 10.9. The molecule has 1 aromatic heterocycles. The van der Waals surface area contributed by atoms with Gasteiger partial charge in [-0.1, -0.05) is 12.1 Å². The minimum Gasteiger partial charge on any atom is -0.506 e. The molecule has 0 radical (unpaired) electrons. The van der Waals surface area contributed by atoms with E-state index in [1.807, 2.05) is 19.1 Å². The normalized spacial score (nSPS) is 10.8. The summed E-state index contributed by atoms with van der Waals surface area (Å²) in [7, 11) is 0. The zero-order valence-corrected chi connectivity index (χ0v) is 9.01. The molecular weight excluding hydrogens is 206 g/mol. The molecule has 0 amide bonds. The average Bonchev–Trinajstić information content (AvgIpc) is 2.33. The summed E-state index contributed by atoms with van der Waals surface area (Å²) < 4.78 is 0. The molecule has 1 N–H and O–H groups in total. The Labute approximate surface area is 93.4 Å². The van der Waals surface area contributed by atoms with Gasteiger partial charge in [0.25, 0.3) is 0 Å². The summed E-state index contributed by atoms with van der Waals surface area (Å²) in [4.78, 5) is 14.0. The highest BCUT2D eigenvalue weighted by Gasteiger charge is 2.05. The number of phenols is 1. The summed E-state index contributed by atoms with van der Waals surface area (Å²) in [5.41, 5.74) is 1.52. The first-order valence-corrected chi connectivity index (χ1v) is 5.13. The van der Waals surface area contributed by atoms with Crippen LogP contribution in [0.2, 0.25) is 0 Å². The second kappa shape index (κ2) is 4.92. The van der Waals surface area contributed by atoms with E-state index in [1.165, 1.54) is 0 Å². The highest BCUT2D eigenvalue weighted by molar-refractivity contribution is 5.86. The predicted octanol–water partition coefficient (Wildman–Crippen LogP) is 2.41. The van der Waals surface area contributed by atoms with E-state index in [2.05, 4.69) is 4.98 Å². The van der Waals surface area contributed by atoms with Crippen molar-refractivity contribution in [3.63, 3.8) is 0 Å². The number of fused-ring (bicyclic) bond motifs is 1. The molecule has 0 spiro atoms. The molecule has 0 aliphatic heterocycles. The number of hydrogen-bond acceptors (Lipinski definition) is 4. The number of nitrogens with zero attached hydrogens (tertiary/aromatic N) is 1. The van der Waals surface area contributed by atoms with Crippen molar-refractivity contribution in [2.24, 2.45) is 0 Å². The Morgan fingerprint density at radius 1 is 1.25 bits per heavy atom. The minimum absolute atomic E-state index is 0.177. The molecule has 0 saturated carbocycles. The van der Waals surface area contributed by atoms with Gasteiger partial charge in [-0.05, 0) is 24.6 Å². The summed E-state index contributed by atoms with van der Waals surface area (Å²) in [6, 6.07) is 7.14. The van der Waals surface area contributed by atoms with E-state index in [9.17, 15) is 5.11 Å². The summed E-state index contributed by atoms with van der Waals surface area (Å²) in [5, 5.41) is 10.5. The second-order valence-electron chi connectivity index (χ2n) is 3.31. The van der Waals surface area contributed by atoms with Gasteiger partial charge in [-0.25, -0.2) is 9.78 Å². The van der Waals surface area contributed by atoms with Crippen molar-refractivity contribution in [1.82, 2.24) is 4.98 Å². The standard InChI is InChI=1S/C12H13NO3/c1-2-15-16-8-9-5-6-11(14)12-10(9)4-3-7-13-12/h3-7,14H,2,8H2,1H3. The first-order chi connectivity index (χ1) is 7.83. The molecule has 16 heavy (non-hydrogen) atoms. The number of pyridine rings is 1. The van der Waals surface area contributed by atoms with E-state index in [4.69, 9.17) is 9.78 Å². The van der Waals surface area contributed by atoms with Crippen molar-refractivity contribution in [3.8, 4) is 5.75 Å². The highest BCUT2D eigenvalue weighted by Crippen LogP contribution is 2.25. The Kier molecular flexibility index (Phi) is 3.34. The highest BCUT2D eigenvalue weighted by atomic mass is 17.2. The fourth-order valence-corrected chi connectivity index (χ4v) is 1.53. The van der Waals surface area contributed by atoms with Crippen LogP contribution in [0.15, 0.2) is 30.5 Å². The molecule has 1 aromatic carbocycles. The van der Waals surface area contributed by atoms with E-state index in [0.717, 1.165) is 10.9 Å². The van der Waals surface area contributed by atoms with Crippen LogP contribution < -0.4 is 0 Å². The van der Waals surface area contributed by atoms with Crippen molar-refractivity contribution in [3.05, 3.63) is 36.0 Å². The molecular formula is C12H13NO3. The summed E-state index contributed by atoms with van der Waals surface area (Å²) >= 11 is 0. The molecule has 0 unspecified atom stereocenters. The fraction of sp³-hybridized carbons (Fsp3) is 0.250. The lowest BCUT2D eigenvalue weighted by atomic mass is 10.1. The largest absolute Gasteiger partial charge is 0.506 e. The van der Waals surface area contributed by atoms with Gasteiger partial charge in [0.2, 0.25) is 0 Å². The third-order valence-corrected chi connectivity index (χ3v) is 2.25. The molecule has 0 fully saturated rings. The zero-order valence-electron chi connectivity index (χ0n) is 9.01. The molecule has 84 valence electrons. The number of hydrogen-bond donors (Lipinski definition) is 1. The third-order valence-electron chi connectivity index (χ3n) is 2.25. The van der Waals surface area contributed by atoms with Gasteiger partial charge < -0.3 is 5.11 Å². The quantitative estimate of drug-likeness (QED) is 0.487. The van der Waals surface area contributed by atoms with E-state index in [-0.39, 0.29) is 5.75 Å². The van der Waals surface area contributed by atoms with Gasteiger partial charge in [-0.15, -0.1) is 0 Å². The Morgan fingerprint density at radius 3 is 2.94 bits per heavy atom. The summed E-state index contributed by atoms with van der Waals surface area (Å²) in [5.74, 6) is 0.177. The molecule has 0 aliphatic rings.